The number of aromatic nitrogens is 2. The van der Waals surface area contributed by atoms with Crippen LogP contribution in [0.2, 0.25) is 0 Å². The van der Waals surface area contributed by atoms with Crippen molar-refractivity contribution in [3.63, 3.8) is 0 Å². The summed E-state index contributed by atoms with van der Waals surface area (Å²) in [5, 5.41) is 19.3. The minimum Gasteiger partial charge on any atom is -0.314 e. The van der Waals surface area contributed by atoms with Crippen LogP contribution in [0.1, 0.15) is 28.7 Å². The third-order valence-electron chi connectivity index (χ3n) is 6.08. The second kappa shape index (κ2) is 10.1. The summed E-state index contributed by atoms with van der Waals surface area (Å²) >= 11 is 0. The molecule has 4 aromatic rings. The normalized spacial score (nSPS) is 10.5. The minimum absolute atomic E-state index is 0.0998. The van der Waals surface area contributed by atoms with Crippen molar-refractivity contribution in [2.45, 2.75) is 33.4 Å². The number of nitriles is 2. The molecule has 0 N–H and O–H groups in total. The largest absolute Gasteiger partial charge is 0.314 e. The van der Waals surface area contributed by atoms with E-state index in [9.17, 15) is 20.1 Å². The van der Waals surface area contributed by atoms with E-state index in [1.165, 1.54) is 9.13 Å². The zero-order valence-electron chi connectivity index (χ0n) is 19.7. The molecule has 35 heavy (non-hydrogen) atoms. The van der Waals surface area contributed by atoms with Gasteiger partial charge in [0.25, 0.3) is 11.1 Å². The molecule has 6 nitrogen and oxygen atoms in total. The summed E-state index contributed by atoms with van der Waals surface area (Å²) in [5.74, 6) is 0. The van der Waals surface area contributed by atoms with Gasteiger partial charge in [-0.05, 0) is 43.5 Å². The van der Waals surface area contributed by atoms with E-state index in [2.05, 4.69) is 12.1 Å². The van der Waals surface area contributed by atoms with Gasteiger partial charge in [-0.3, -0.25) is 9.59 Å². The van der Waals surface area contributed by atoms with E-state index >= 15 is 0 Å². The van der Waals surface area contributed by atoms with Crippen molar-refractivity contribution < 1.29 is 0 Å². The standard InChI is InChI=1S/C29H24N4O2/c1-20-4-8-22(9-5-20)24-12-16-32(28(34)26(24)18-30)14-3-15-33-17-13-25(27(19-31)29(33)35)23-10-6-21(2)7-11-23/h4-13,16-17H,3,14-15H2,1-2H3. The first-order valence-corrected chi connectivity index (χ1v) is 11.3. The van der Waals surface area contributed by atoms with Crippen molar-refractivity contribution in [1.82, 2.24) is 9.13 Å². The van der Waals surface area contributed by atoms with Crippen molar-refractivity contribution in [2.24, 2.45) is 0 Å². The van der Waals surface area contributed by atoms with E-state index in [0.717, 1.165) is 22.3 Å². The fourth-order valence-electron chi connectivity index (χ4n) is 4.08. The highest BCUT2D eigenvalue weighted by Gasteiger charge is 2.13. The van der Waals surface area contributed by atoms with E-state index in [0.29, 0.717) is 30.6 Å². The Bertz CT molecular complexity index is 1460. The Morgan fingerprint density at radius 2 is 1.00 bits per heavy atom. The summed E-state index contributed by atoms with van der Waals surface area (Å²) in [6.07, 6.45) is 3.86. The van der Waals surface area contributed by atoms with Crippen LogP contribution in [0, 0.1) is 36.5 Å². The molecule has 4 rings (SSSR count). The summed E-state index contributed by atoms with van der Waals surface area (Å²) in [6, 6.07) is 23.0. The molecule has 0 aliphatic heterocycles. The topological polar surface area (TPSA) is 91.6 Å². The smallest absolute Gasteiger partial charge is 0.269 e. The zero-order valence-corrected chi connectivity index (χ0v) is 19.7. The molecular formula is C29H24N4O2. The second-order valence-electron chi connectivity index (χ2n) is 8.52. The van der Waals surface area contributed by atoms with E-state index in [4.69, 9.17) is 0 Å². The molecule has 0 saturated heterocycles. The molecule has 172 valence electrons. The molecule has 0 amide bonds. The fraction of sp³-hybridized carbons (Fsp3) is 0.172. The molecule has 2 aromatic carbocycles. The van der Waals surface area contributed by atoms with Gasteiger partial charge in [0.2, 0.25) is 0 Å². The van der Waals surface area contributed by atoms with Gasteiger partial charge in [-0.25, -0.2) is 0 Å². The molecular weight excluding hydrogens is 436 g/mol. The van der Waals surface area contributed by atoms with Crippen LogP contribution in [0.4, 0.5) is 0 Å². The molecule has 0 bridgehead atoms. The Kier molecular flexibility index (Phi) is 6.76. The predicted octanol–water partition coefficient (Wildman–Crippen LogP) is 4.79. The molecule has 0 spiro atoms. The lowest BCUT2D eigenvalue weighted by atomic mass is 10.0. The van der Waals surface area contributed by atoms with Crippen molar-refractivity contribution in [3.05, 3.63) is 116 Å². The minimum atomic E-state index is -0.356. The van der Waals surface area contributed by atoms with E-state index in [1.807, 2.05) is 62.4 Å². The van der Waals surface area contributed by atoms with Crippen LogP contribution in [0.25, 0.3) is 22.3 Å². The molecule has 0 unspecified atom stereocenters. The molecule has 2 heterocycles. The molecule has 0 radical (unpaired) electrons. The summed E-state index contributed by atoms with van der Waals surface area (Å²) in [4.78, 5) is 25.9. The van der Waals surface area contributed by atoms with E-state index < -0.39 is 0 Å². The van der Waals surface area contributed by atoms with Crippen LogP contribution < -0.4 is 11.1 Å². The molecule has 0 saturated carbocycles. The van der Waals surface area contributed by atoms with Gasteiger partial charge in [-0.1, -0.05) is 59.7 Å². The number of hydrogen-bond donors (Lipinski definition) is 0. The SMILES string of the molecule is Cc1ccc(-c2ccn(CCCn3ccc(-c4ccc(C)cc4)c(C#N)c3=O)c(=O)c2C#N)cc1. The maximum absolute atomic E-state index is 12.9. The summed E-state index contributed by atoms with van der Waals surface area (Å²) < 4.78 is 2.99. The van der Waals surface area contributed by atoms with Gasteiger partial charge >= 0.3 is 0 Å². The number of aryl methyl sites for hydroxylation is 4. The Morgan fingerprint density at radius 3 is 1.34 bits per heavy atom. The van der Waals surface area contributed by atoms with Crippen molar-refractivity contribution >= 4 is 0 Å². The number of benzene rings is 2. The average Bonchev–Trinajstić information content (AvgIpc) is 2.86. The van der Waals surface area contributed by atoms with Crippen molar-refractivity contribution in [3.8, 4) is 34.4 Å². The second-order valence-corrected chi connectivity index (χ2v) is 8.52. The molecule has 0 atom stereocenters. The third kappa shape index (κ3) is 4.83. The first-order valence-electron chi connectivity index (χ1n) is 11.3. The van der Waals surface area contributed by atoms with E-state index in [1.54, 1.807) is 24.5 Å². The fourth-order valence-corrected chi connectivity index (χ4v) is 4.08. The highest BCUT2D eigenvalue weighted by molar-refractivity contribution is 5.70. The first-order chi connectivity index (χ1) is 16.9. The van der Waals surface area contributed by atoms with Crippen molar-refractivity contribution in [2.75, 3.05) is 0 Å². The summed E-state index contributed by atoms with van der Waals surface area (Å²) in [5.41, 5.74) is 4.54. The highest BCUT2D eigenvalue weighted by atomic mass is 16.1. The number of rotatable bonds is 6. The van der Waals surface area contributed by atoms with Crippen molar-refractivity contribution in [1.29, 1.82) is 10.5 Å². The number of nitrogens with zero attached hydrogens (tertiary/aromatic N) is 4. The van der Waals surface area contributed by atoms with Gasteiger partial charge in [0, 0.05) is 36.6 Å². The van der Waals surface area contributed by atoms with Crippen LogP contribution in [-0.2, 0) is 13.1 Å². The van der Waals surface area contributed by atoms with Gasteiger partial charge in [-0.2, -0.15) is 10.5 Å². The Hall–Kier alpha value is -4.68. The zero-order chi connectivity index (χ0) is 24.9. The monoisotopic (exact) mass is 460 g/mol. The maximum atomic E-state index is 12.9. The van der Waals surface area contributed by atoms with E-state index in [-0.39, 0.29) is 22.2 Å². The van der Waals surface area contributed by atoms with Gasteiger partial charge < -0.3 is 9.13 Å². The molecule has 0 aliphatic carbocycles. The van der Waals surface area contributed by atoms with Gasteiger partial charge in [0.1, 0.15) is 23.3 Å². The van der Waals surface area contributed by atoms with Crippen LogP contribution in [-0.4, -0.2) is 9.13 Å². The van der Waals surface area contributed by atoms with Crippen LogP contribution in [0.5, 0.6) is 0 Å². The van der Waals surface area contributed by atoms with Crippen LogP contribution in [0.15, 0.2) is 82.6 Å². The van der Waals surface area contributed by atoms with Crippen LogP contribution in [0.3, 0.4) is 0 Å². The van der Waals surface area contributed by atoms with Gasteiger partial charge in [0.15, 0.2) is 0 Å². The number of pyridine rings is 2. The maximum Gasteiger partial charge on any atom is 0.269 e. The van der Waals surface area contributed by atoms with Crippen LogP contribution >= 0.6 is 0 Å². The molecule has 0 fully saturated rings. The summed E-state index contributed by atoms with van der Waals surface area (Å²) in [6.45, 7) is 4.65. The summed E-state index contributed by atoms with van der Waals surface area (Å²) in [7, 11) is 0. The first kappa shape index (κ1) is 23.5. The van der Waals surface area contributed by atoms with Gasteiger partial charge in [0.05, 0.1) is 0 Å². The molecule has 6 heteroatoms. The quantitative estimate of drug-likeness (QED) is 0.413. The lowest BCUT2D eigenvalue weighted by Gasteiger charge is -2.12. The predicted molar refractivity (Wildman–Crippen MR) is 136 cm³/mol. The number of hydrogen-bond acceptors (Lipinski definition) is 4. The Morgan fingerprint density at radius 1 is 0.629 bits per heavy atom. The Balaban J connectivity index is 1.54. The molecule has 0 aliphatic rings. The van der Waals surface area contributed by atoms with Gasteiger partial charge in [-0.15, -0.1) is 0 Å². The lowest BCUT2D eigenvalue weighted by Crippen LogP contribution is -2.26. The average molecular weight is 461 g/mol. The highest BCUT2D eigenvalue weighted by Crippen LogP contribution is 2.23. The molecule has 2 aromatic heterocycles. The lowest BCUT2D eigenvalue weighted by molar-refractivity contribution is 0.543. The third-order valence-corrected chi connectivity index (χ3v) is 6.08. The Labute approximate surface area is 203 Å².